The summed E-state index contributed by atoms with van der Waals surface area (Å²) in [7, 11) is 0. The van der Waals surface area contributed by atoms with Crippen LogP contribution in [0.15, 0.2) is 24.5 Å². The molecule has 0 spiro atoms. The minimum absolute atomic E-state index is 0.0100. The van der Waals surface area contributed by atoms with E-state index in [2.05, 4.69) is 11.1 Å². The monoisotopic (exact) mass is 174 g/mol. The van der Waals surface area contributed by atoms with Crippen LogP contribution in [-0.4, -0.2) is 11.6 Å². The zero-order valence-corrected chi connectivity index (χ0v) is 7.18. The average Bonchev–Trinajstić information content (AvgIpc) is 2.67. The molecule has 0 aromatic carbocycles. The van der Waals surface area contributed by atoms with Crippen molar-refractivity contribution in [2.24, 2.45) is 5.92 Å². The topological polar surface area (TPSA) is 45.9 Å². The molecule has 1 aromatic heterocycles. The summed E-state index contributed by atoms with van der Waals surface area (Å²) in [6, 6.07) is 6.08. The fourth-order valence-corrected chi connectivity index (χ4v) is 1.59. The van der Waals surface area contributed by atoms with Crippen molar-refractivity contribution in [3.8, 4) is 6.07 Å². The molecule has 3 nitrogen and oxygen atoms in total. The van der Waals surface area contributed by atoms with Crippen LogP contribution in [0, 0.1) is 17.2 Å². The van der Waals surface area contributed by atoms with Gasteiger partial charge in [0, 0.05) is 24.6 Å². The van der Waals surface area contributed by atoms with Gasteiger partial charge in [0.05, 0.1) is 18.1 Å². The predicted molar refractivity (Wildman–Crippen MR) is 46.7 cm³/mol. The van der Waals surface area contributed by atoms with Crippen LogP contribution in [0.1, 0.15) is 18.1 Å². The predicted octanol–water partition coefficient (Wildman–Crippen LogP) is 1.68. The molecule has 0 amide bonds. The third-order valence-electron chi connectivity index (χ3n) is 2.27. The molecule has 13 heavy (non-hydrogen) atoms. The molecule has 0 bridgehead atoms. The molecular weight excluding hydrogens is 164 g/mol. The van der Waals surface area contributed by atoms with Crippen LogP contribution in [0.25, 0.3) is 0 Å². The van der Waals surface area contributed by atoms with Gasteiger partial charge in [0.1, 0.15) is 0 Å². The summed E-state index contributed by atoms with van der Waals surface area (Å²) in [5, 5.41) is 8.85. The first-order valence-electron chi connectivity index (χ1n) is 4.33. The van der Waals surface area contributed by atoms with Crippen LogP contribution in [0.2, 0.25) is 0 Å². The van der Waals surface area contributed by atoms with Gasteiger partial charge in [0.2, 0.25) is 0 Å². The van der Waals surface area contributed by atoms with Crippen molar-refractivity contribution < 1.29 is 4.74 Å². The zero-order chi connectivity index (χ0) is 9.10. The van der Waals surface area contributed by atoms with E-state index < -0.39 is 0 Å². The van der Waals surface area contributed by atoms with Crippen molar-refractivity contribution in [3.05, 3.63) is 30.1 Å². The van der Waals surface area contributed by atoms with Gasteiger partial charge in [-0.05, 0) is 12.5 Å². The van der Waals surface area contributed by atoms with Crippen molar-refractivity contribution in [1.82, 2.24) is 4.98 Å². The molecule has 2 atom stereocenters. The van der Waals surface area contributed by atoms with Crippen molar-refractivity contribution in [2.45, 2.75) is 12.5 Å². The van der Waals surface area contributed by atoms with Crippen LogP contribution in [0.3, 0.4) is 0 Å². The zero-order valence-electron chi connectivity index (χ0n) is 7.18. The number of hydrogen-bond donors (Lipinski definition) is 0. The Balaban J connectivity index is 2.22. The van der Waals surface area contributed by atoms with E-state index in [1.54, 1.807) is 12.4 Å². The maximum atomic E-state index is 8.85. The lowest BCUT2D eigenvalue weighted by molar-refractivity contribution is 0.100. The van der Waals surface area contributed by atoms with Crippen LogP contribution >= 0.6 is 0 Å². The summed E-state index contributed by atoms with van der Waals surface area (Å²) in [4.78, 5) is 4.01. The summed E-state index contributed by atoms with van der Waals surface area (Å²) in [5.74, 6) is -0.0100. The Bertz CT molecular complexity index is 317. The highest BCUT2D eigenvalue weighted by Gasteiger charge is 2.29. The summed E-state index contributed by atoms with van der Waals surface area (Å²) in [6.45, 7) is 0.678. The molecule has 66 valence electrons. The van der Waals surface area contributed by atoms with Crippen molar-refractivity contribution >= 4 is 0 Å². The van der Waals surface area contributed by atoms with E-state index in [1.807, 2.05) is 12.1 Å². The molecule has 1 saturated heterocycles. The number of nitrogens with zero attached hydrogens (tertiary/aromatic N) is 2. The Kier molecular flexibility index (Phi) is 2.24. The van der Waals surface area contributed by atoms with E-state index in [-0.39, 0.29) is 12.0 Å². The van der Waals surface area contributed by atoms with Gasteiger partial charge in [0.25, 0.3) is 0 Å². The van der Waals surface area contributed by atoms with Gasteiger partial charge < -0.3 is 4.74 Å². The van der Waals surface area contributed by atoms with Crippen molar-refractivity contribution in [1.29, 1.82) is 5.26 Å². The highest BCUT2D eigenvalue weighted by Crippen LogP contribution is 2.33. The summed E-state index contributed by atoms with van der Waals surface area (Å²) in [6.07, 6.45) is 4.25. The number of rotatable bonds is 1. The maximum Gasteiger partial charge on any atom is 0.0998 e. The third kappa shape index (κ3) is 1.53. The van der Waals surface area contributed by atoms with Crippen LogP contribution in [0.5, 0.6) is 0 Å². The van der Waals surface area contributed by atoms with Gasteiger partial charge in [-0.15, -0.1) is 0 Å². The Morgan fingerprint density at radius 1 is 1.62 bits per heavy atom. The summed E-state index contributed by atoms with van der Waals surface area (Å²) < 4.78 is 5.48. The minimum atomic E-state index is -0.0706. The minimum Gasteiger partial charge on any atom is -0.372 e. The second-order valence-electron chi connectivity index (χ2n) is 3.10. The fraction of sp³-hybridized carbons (Fsp3) is 0.400. The molecule has 2 heterocycles. The van der Waals surface area contributed by atoms with E-state index in [9.17, 15) is 0 Å². The van der Waals surface area contributed by atoms with Gasteiger partial charge >= 0.3 is 0 Å². The lowest BCUT2D eigenvalue weighted by atomic mass is 9.98. The molecule has 1 aromatic rings. The van der Waals surface area contributed by atoms with Crippen molar-refractivity contribution in [3.63, 3.8) is 0 Å². The molecule has 2 rings (SSSR count). The first kappa shape index (κ1) is 8.21. The van der Waals surface area contributed by atoms with E-state index in [1.165, 1.54) is 0 Å². The second kappa shape index (κ2) is 3.55. The van der Waals surface area contributed by atoms with Gasteiger partial charge in [0.15, 0.2) is 0 Å². The van der Waals surface area contributed by atoms with E-state index in [0.29, 0.717) is 6.61 Å². The summed E-state index contributed by atoms with van der Waals surface area (Å²) >= 11 is 0. The molecule has 2 unspecified atom stereocenters. The molecule has 1 aliphatic rings. The SMILES string of the molecule is N#CC1CCOC1c1cccnc1. The standard InChI is InChI=1S/C10H10N2O/c11-6-8-3-5-13-10(8)9-2-1-4-12-7-9/h1-2,4,7-8,10H,3,5H2. The highest BCUT2D eigenvalue weighted by molar-refractivity contribution is 5.16. The van der Waals surface area contributed by atoms with Gasteiger partial charge in [-0.25, -0.2) is 0 Å². The normalized spacial score (nSPS) is 27.0. The van der Waals surface area contributed by atoms with Gasteiger partial charge in [-0.3, -0.25) is 4.98 Å². The quantitative estimate of drug-likeness (QED) is 0.650. The Morgan fingerprint density at radius 3 is 3.23 bits per heavy atom. The van der Waals surface area contributed by atoms with Crippen LogP contribution in [-0.2, 0) is 4.74 Å². The molecule has 0 N–H and O–H groups in total. The Hall–Kier alpha value is -1.40. The Morgan fingerprint density at radius 2 is 2.54 bits per heavy atom. The first-order chi connectivity index (χ1) is 6.42. The van der Waals surface area contributed by atoms with Gasteiger partial charge in [-0.1, -0.05) is 6.07 Å². The average molecular weight is 174 g/mol. The third-order valence-corrected chi connectivity index (χ3v) is 2.27. The molecule has 0 radical (unpaired) electrons. The second-order valence-corrected chi connectivity index (χ2v) is 3.10. The number of pyridine rings is 1. The van der Waals surface area contributed by atoms with Crippen molar-refractivity contribution in [2.75, 3.05) is 6.61 Å². The molecule has 0 aliphatic carbocycles. The van der Waals surface area contributed by atoms with E-state index in [0.717, 1.165) is 12.0 Å². The largest absolute Gasteiger partial charge is 0.372 e. The van der Waals surface area contributed by atoms with Gasteiger partial charge in [-0.2, -0.15) is 5.26 Å². The number of nitriles is 1. The number of ether oxygens (including phenoxy) is 1. The molecule has 0 saturated carbocycles. The van der Waals surface area contributed by atoms with E-state index >= 15 is 0 Å². The van der Waals surface area contributed by atoms with Crippen LogP contribution in [0.4, 0.5) is 0 Å². The van der Waals surface area contributed by atoms with Crippen LogP contribution < -0.4 is 0 Å². The number of hydrogen-bond acceptors (Lipinski definition) is 3. The first-order valence-corrected chi connectivity index (χ1v) is 4.33. The molecule has 1 aliphatic heterocycles. The molecule has 1 fully saturated rings. The molecular formula is C10H10N2O. The van der Waals surface area contributed by atoms with E-state index in [4.69, 9.17) is 10.00 Å². The summed E-state index contributed by atoms with van der Waals surface area (Å²) in [5.41, 5.74) is 1.01. The molecule has 3 heteroatoms. The lowest BCUT2D eigenvalue weighted by Crippen LogP contribution is -2.05. The lowest BCUT2D eigenvalue weighted by Gasteiger charge is -2.11. The number of aromatic nitrogens is 1. The Labute approximate surface area is 77.0 Å². The maximum absolute atomic E-state index is 8.85. The fourth-order valence-electron chi connectivity index (χ4n) is 1.59. The highest BCUT2D eigenvalue weighted by atomic mass is 16.5. The smallest absolute Gasteiger partial charge is 0.0998 e.